The van der Waals surface area contributed by atoms with E-state index in [9.17, 15) is 9.90 Å². The summed E-state index contributed by atoms with van der Waals surface area (Å²) in [6.07, 6.45) is 7.79. The Balaban J connectivity index is 1.42. The minimum absolute atomic E-state index is 0.00380. The number of β-amino-alcohol motifs (C(OH)–C–C–N with tert-alkyl or cyclic N) is 1. The third kappa shape index (κ3) is 4.54. The van der Waals surface area contributed by atoms with Crippen molar-refractivity contribution in [1.29, 1.82) is 0 Å². The van der Waals surface area contributed by atoms with E-state index in [2.05, 4.69) is 20.0 Å². The number of aromatic nitrogens is 3. The molecular formula is C23H29N5O3. The van der Waals surface area contributed by atoms with Crippen molar-refractivity contribution >= 4 is 22.5 Å². The summed E-state index contributed by atoms with van der Waals surface area (Å²) in [6.45, 7) is 5.35. The van der Waals surface area contributed by atoms with Crippen molar-refractivity contribution in [2.45, 2.75) is 45.1 Å². The van der Waals surface area contributed by atoms with E-state index in [4.69, 9.17) is 4.52 Å². The number of nitrogens with zero attached hydrogens (tertiary/aromatic N) is 5. The number of pyridine rings is 2. The summed E-state index contributed by atoms with van der Waals surface area (Å²) in [7, 11) is 1.76. The van der Waals surface area contributed by atoms with E-state index >= 15 is 0 Å². The number of hydrogen-bond acceptors (Lipinski definition) is 7. The molecule has 0 unspecified atom stereocenters. The molecule has 0 aliphatic carbocycles. The van der Waals surface area contributed by atoms with Crippen LogP contribution in [0.25, 0.3) is 10.9 Å². The molecule has 0 spiro atoms. The maximum Gasteiger partial charge on any atom is 0.222 e. The lowest BCUT2D eigenvalue weighted by molar-refractivity contribution is -0.133. The topological polar surface area (TPSA) is 95.6 Å². The van der Waals surface area contributed by atoms with Gasteiger partial charge in [-0.2, -0.15) is 0 Å². The zero-order valence-corrected chi connectivity index (χ0v) is 18.3. The average molecular weight is 424 g/mol. The first-order valence-corrected chi connectivity index (χ1v) is 10.7. The summed E-state index contributed by atoms with van der Waals surface area (Å²) in [5.74, 6) is 0.762. The van der Waals surface area contributed by atoms with Gasteiger partial charge in [-0.25, -0.2) is 0 Å². The molecule has 4 rings (SSSR count). The van der Waals surface area contributed by atoms with Gasteiger partial charge in [-0.1, -0.05) is 5.16 Å². The normalized spacial score (nSPS) is 19.0. The van der Waals surface area contributed by atoms with Gasteiger partial charge in [-0.05, 0) is 45.2 Å². The highest BCUT2D eigenvalue weighted by Gasteiger charge is 2.36. The van der Waals surface area contributed by atoms with Crippen LogP contribution in [0.15, 0.2) is 35.2 Å². The summed E-state index contributed by atoms with van der Waals surface area (Å²) in [5, 5.41) is 16.3. The Morgan fingerprint density at radius 1 is 1.32 bits per heavy atom. The van der Waals surface area contributed by atoms with Crippen LogP contribution in [0.5, 0.6) is 0 Å². The lowest BCUT2D eigenvalue weighted by Gasteiger charge is -2.42. The van der Waals surface area contributed by atoms with Gasteiger partial charge in [0.2, 0.25) is 5.91 Å². The number of carbonyl (C=O) groups excluding carboxylic acids is 1. The number of carbonyl (C=O) groups is 1. The number of hydrogen-bond donors (Lipinski definition) is 1. The van der Waals surface area contributed by atoms with Gasteiger partial charge in [0.25, 0.3) is 0 Å². The second kappa shape index (κ2) is 8.63. The molecule has 1 fully saturated rings. The maximum absolute atomic E-state index is 12.7. The molecule has 31 heavy (non-hydrogen) atoms. The highest BCUT2D eigenvalue weighted by atomic mass is 16.5. The second-order valence-electron chi connectivity index (χ2n) is 8.52. The summed E-state index contributed by atoms with van der Waals surface area (Å²) in [5.41, 5.74) is 2.75. The predicted molar refractivity (Wildman–Crippen MR) is 118 cm³/mol. The Morgan fingerprint density at radius 2 is 2.16 bits per heavy atom. The van der Waals surface area contributed by atoms with Crippen molar-refractivity contribution in [3.63, 3.8) is 0 Å². The van der Waals surface area contributed by atoms with Crippen LogP contribution >= 0.6 is 0 Å². The molecular weight excluding hydrogens is 394 g/mol. The van der Waals surface area contributed by atoms with E-state index in [0.29, 0.717) is 32.4 Å². The number of rotatable bonds is 6. The minimum atomic E-state index is -0.969. The molecule has 3 aromatic rings. The van der Waals surface area contributed by atoms with Crippen LogP contribution < -0.4 is 4.90 Å². The quantitative estimate of drug-likeness (QED) is 0.651. The summed E-state index contributed by atoms with van der Waals surface area (Å²) < 4.78 is 5.18. The highest BCUT2D eigenvalue weighted by Crippen LogP contribution is 2.31. The smallest absolute Gasteiger partial charge is 0.222 e. The van der Waals surface area contributed by atoms with Gasteiger partial charge < -0.3 is 19.4 Å². The molecule has 1 aliphatic heterocycles. The monoisotopic (exact) mass is 423 g/mol. The lowest BCUT2D eigenvalue weighted by Crippen LogP contribution is -2.54. The van der Waals surface area contributed by atoms with Crippen molar-refractivity contribution in [3.05, 3.63) is 47.7 Å². The first kappa shape index (κ1) is 21.2. The van der Waals surface area contributed by atoms with Crippen molar-refractivity contribution in [2.75, 3.05) is 31.6 Å². The van der Waals surface area contributed by atoms with Gasteiger partial charge in [-0.3, -0.25) is 14.8 Å². The zero-order valence-electron chi connectivity index (χ0n) is 18.3. The van der Waals surface area contributed by atoms with Crippen LogP contribution in [0.3, 0.4) is 0 Å². The molecule has 1 N–H and O–H groups in total. The van der Waals surface area contributed by atoms with E-state index in [1.165, 1.54) is 0 Å². The maximum atomic E-state index is 12.7. The van der Waals surface area contributed by atoms with Gasteiger partial charge in [-0.15, -0.1) is 0 Å². The number of likely N-dealkylation sites (N-methyl/N-ethyl adjacent to an activating group) is 1. The van der Waals surface area contributed by atoms with Crippen LogP contribution in [-0.2, 0) is 11.2 Å². The molecule has 1 atom stereocenters. The fraction of sp³-hybridized carbons (Fsp3) is 0.478. The minimum Gasteiger partial charge on any atom is -0.386 e. The Kier molecular flexibility index (Phi) is 5.91. The largest absolute Gasteiger partial charge is 0.386 e. The number of piperidine rings is 1. The van der Waals surface area contributed by atoms with E-state index in [-0.39, 0.29) is 5.91 Å². The molecule has 3 aromatic heterocycles. The first-order valence-electron chi connectivity index (χ1n) is 10.7. The van der Waals surface area contributed by atoms with Gasteiger partial charge in [0.15, 0.2) is 0 Å². The SMILES string of the molecule is Cc1noc(C)c1CCC(=O)N(C)C[C@]1(O)CCCN(c2ccnc3ccncc23)C1. The van der Waals surface area contributed by atoms with Crippen LogP contribution in [0, 0.1) is 13.8 Å². The van der Waals surface area contributed by atoms with Crippen molar-refractivity contribution in [1.82, 2.24) is 20.0 Å². The van der Waals surface area contributed by atoms with E-state index in [1.54, 1.807) is 24.3 Å². The third-order valence-electron chi connectivity index (χ3n) is 6.14. The number of amides is 1. The fourth-order valence-electron chi connectivity index (χ4n) is 4.51. The molecule has 1 saturated heterocycles. The van der Waals surface area contributed by atoms with Gasteiger partial charge >= 0.3 is 0 Å². The molecule has 8 nitrogen and oxygen atoms in total. The summed E-state index contributed by atoms with van der Waals surface area (Å²) >= 11 is 0. The van der Waals surface area contributed by atoms with E-state index in [0.717, 1.165) is 46.6 Å². The number of aryl methyl sites for hydroxylation is 2. The fourth-order valence-corrected chi connectivity index (χ4v) is 4.51. The van der Waals surface area contributed by atoms with Gasteiger partial charge in [0.05, 0.1) is 23.4 Å². The highest BCUT2D eigenvalue weighted by molar-refractivity contribution is 5.90. The predicted octanol–water partition coefficient (Wildman–Crippen LogP) is 2.66. The third-order valence-corrected chi connectivity index (χ3v) is 6.14. The molecule has 8 heteroatoms. The van der Waals surface area contributed by atoms with Gasteiger partial charge in [0, 0.05) is 61.8 Å². The van der Waals surface area contributed by atoms with E-state index < -0.39 is 5.60 Å². The second-order valence-corrected chi connectivity index (χ2v) is 8.52. The van der Waals surface area contributed by atoms with Crippen LogP contribution in [0.2, 0.25) is 0 Å². The van der Waals surface area contributed by atoms with Crippen molar-refractivity contribution < 1.29 is 14.4 Å². The average Bonchev–Trinajstić information content (AvgIpc) is 3.08. The lowest BCUT2D eigenvalue weighted by atomic mass is 9.91. The molecule has 0 radical (unpaired) electrons. The number of aliphatic hydroxyl groups is 1. The van der Waals surface area contributed by atoms with E-state index in [1.807, 2.05) is 32.2 Å². The van der Waals surface area contributed by atoms with Crippen LogP contribution in [0.4, 0.5) is 5.69 Å². The molecule has 4 heterocycles. The molecule has 0 bridgehead atoms. The molecule has 0 saturated carbocycles. The zero-order chi connectivity index (χ0) is 22.0. The standard InChI is InChI=1S/C23H29N5O3/c1-16-18(17(2)31-26-16)5-6-22(29)27(3)14-23(30)9-4-12-28(15-23)21-8-11-25-20-7-10-24-13-19(20)21/h7-8,10-11,13,30H,4-6,9,12,14-15H2,1-3H3/t23-/m1/s1. The Morgan fingerprint density at radius 3 is 2.94 bits per heavy atom. The molecule has 164 valence electrons. The Hall–Kier alpha value is -3.00. The van der Waals surface area contributed by atoms with Gasteiger partial charge in [0.1, 0.15) is 5.76 Å². The molecule has 1 amide bonds. The van der Waals surface area contributed by atoms with Crippen LogP contribution in [-0.4, -0.2) is 63.3 Å². The Bertz CT molecular complexity index is 1060. The van der Waals surface area contributed by atoms with Crippen molar-refractivity contribution in [2.24, 2.45) is 0 Å². The first-order chi connectivity index (χ1) is 14.9. The van der Waals surface area contributed by atoms with Crippen molar-refractivity contribution in [3.8, 4) is 0 Å². The summed E-state index contributed by atoms with van der Waals surface area (Å²) in [6, 6.07) is 3.86. The Labute approximate surface area is 181 Å². The number of fused-ring (bicyclic) bond motifs is 1. The van der Waals surface area contributed by atoms with Crippen LogP contribution in [0.1, 0.15) is 36.3 Å². The summed E-state index contributed by atoms with van der Waals surface area (Å²) in [4.78, 5) is 25.2. The molecule has 1 aliphatic rings. The number of anilines is 1. The molecule has 0 aromatic carbocycles.